The van der Waals surface area contributed by atoms with Crippen molar-refractivity contribution in [1.29, 1.82) is 0 Å². The number of hydrogen-bond donors (Lipinski definition) is 1. The summed E-state index contributed by atoms with van der Waals surface area (Å²) in [6, 6.07) is 20.2. The van der Waals surface area contributed by atoms with E-state index in [0.29, 0.717) is 53.1 Å². The molecule has 0 aromatic heterocycles. The van der Waals surface area contributed by atoms with E-state index in [0.717, 1.165) is 42.6 Å². The van der Waals surface area contributed by atoms with Crippen LogP contribution in [0.4, 0.5) is 0 Å². The van der Waals surface area contributed by atoms with Gasteiger partial charge in [0.25, 0.3) is 0 Å². The minimum atomic E-state index is -0.00659. The molecule has 4 aromatic rings. The molecule has 0 radical (unpaired) electrons. The van der Waals surface area contributed by atoms with Gasteiger partial charge in [0.1, 0.15) is 5.75 Å². The molecule has 4 aliphatic heterocycles. The van der Waals surface area contributed by atoms with Gasteiger partial charge in [-0.3, -0.25) is 9.80 Å². The highest BCUT2D eigenvalue weighted by atomic mass is 16.5. The van der Waals surface area contributed by atoms with Gasteiger partial charge >= 0.3 is 0 Å². The first kappa shape index (κ1) is 29.3. The highest BCUT2D eigenvalue weighted by Crippen LogP contribution is 2.52. The number of ether oxygens (including phenoxy) is 5. The number of methoxy groups -OCH3 is 3. The maximum Gasteiger partial charge on any atom is 0.204 e. The summed E-state index contributed by atoms with van der Waals surface area (Å²) < 4.78 is 31.0. The molecule has 0 saturated heterocycles. The summed E-state index contributed by atoms with van der Waals surface area (Å²) in [6.45, 7) is 1.80. The first-order chi connectivity index (χ1) is 21.9. The topological polar surface area (TPSA) is 72.9 Å². The highest BCUT2D eigenvalue weighted by molar-refractivity contribution is 5.63. The molecule has 0 saturated carbocycles. The third-order valence-corrected chi connectivity index (χ3v) is 9.62. The number of fused-ring (bicyclic) bond motifs is 2. The molecule has 234 valence electrons. The van der Waals surface area contributed by atoms with Gasteiger partial charge in [0.2, 0.25) is 5.75 Å². The lowest BCUT2D eigenvalue weighted by atomic mass is 9.87. The van der Waals surface area contributed by atoms with Crippen LogP contribution in [0.5, 0.6) is 46.0 Å². The molecule has 0 spiro atoms. The van der Waals surface area contributed by atoms with Crippen molar-refractivity contribution >= 4 is 0 Å². The number of benzene rings is 4. The Bertz CT molecular complexity index is 1750. The average molecular weight is 609 g/mol. The largest absolute Gasteiger partial charge is 0.504 e. The fraction of sp³-hybridized carbons (Fsp3) is 0.351. The molecular formula is C37H40N2O6. The lowest BCUT2D eigenvalue weighted by Gasteiger charge is -2.37. The van der Waals surface area contributed by atoms with Gasteiger partial charge in [-0.25, -0.2) is 0 Å². The van der Waals surface area contributed by atoms with Crippen molar-refractivity contribution in [2.24, 2.45) is 0 Å². The molecule has 45 heavy (non-hydrogen) atoms. The minimum absolute atomic E-state index is 0.00659. The molecule has 4 aromatic carbocycles. The van der Waals surface area contributed by atoms with E-state index in [2.05, 4.69) is 48.2 Å². The Balaban J connectivity index is 1.47. The van der Waals surface area contributed by atoms with E-state index in [-0.39, 0.29) is 17.8 Å². The van der Waals surface area contributed by atoms with Crippen LogP contribution in [-0.2, 0) is 25.7 Å². The fourth-order valence-electron chi connectivity index (χ4n) is 7.17. The van der Waals surface area contributed by atoms with Gasteiger partial charge in [-0.2, -0.15) is 0 Å². The quantitative estimate of drug-likeness (QED) is 0.271. The van der Waals surface area contributed by atoms with Crippen LogP contribution in [0.25, 0.3) is 0 Å². The molecule has 2 atom stereocenters. The summed E-state index contributed by atoms with van der Waals surface area (Å²) in [4.78, 5) is 4.73. The summed E-state index contributed by atoms with van der Waals surface area (Å²) in [7, 11) is 9.32. The molecule has 4 aliphatic rings. The van der Waals surface area contributed by atoms with Crippen LogP contribution in [0.1, 0.15) is 45.5 Å². The molecule has 0 amide bonds. The van der Waals surface area contributed by atoms with E-state index in [9.17, 15) is 5.11 Å². The predicted octanol–water partition coefficient (Wildman–Crippen LogP) is 6.86. The van der Waals surface area contributed by atoms with Crippen molar-refractivity contribution in [3.05, 3.63) is 94.0 Å². The standard InChI is InChI=1S/C37H40N2O6/c1-38-13-11-24-19-32(41-3)33-21-27(24)28(38)16-23-9-10-31(30(40)18-23)44-26-8-6-7-22(15-26)17-29-35-25(12-14-39(29)2)20-34(42-4)36(43-5)37(35)45-33/h6-10,15,18-21,28-29,40H,11-14,16-17H2,1-5H3/t28?,29-/m0/s1. The van der Waals surface area contributed by atoms with Gasteiger partial charge in [0.15, 0.2) is 34.5 Å². The summed E-state index contributed by atoms with van der Waals surface area (Å²) in [6.07, 6.45) is 3.18. The van der Waals surface area contributed by atoms with Crippen LogP contribution in [0.15, 0.2) is 60.7 Å². The molecule has 1 N–H and O–H groups in total. The normalized spacial score (nSPS) is 19.4. The molecular weight excluding hydrogens is 568 g/mol. The van der Waals surface area contributed by atoms with Crippen LogP contribution in [-0.4, -0.2) is 63.4 Å². The Morgan fingerprint density at radius 2 is 1.42 bits per heavy atom. The van der Waals surface area contributed by atoms with Crippen LogP contribution in [0.3, 0.4) is 0 Å². The molecule has 4 heterocycles. The van der Waals surface area contributed by atoms with Crippen LogP contribution in [0.2, 0.25) is 0 Å². The maximum absolute atomic E-state index is 11.0. The molecule has 6 bridgehead atoms. The van der Waals surface area contributed by atoms with Gasteiger partial charge in [-0.1, -0.05) is 18.2 Å². The summed E-state index contributed by atoms with van der Waals surface area (Å²) >= 11 is 0. The van der Waals surface area contributed by atoms with Crippen LogP contribution in [0, 0.1) is 0 Å². The van der Waals surface area contributed by atoms with E-state index >= 15 is 0 Å². The first-order valence-corrected chi connectivity index (χ1v) is 15.5. The molecule has 0 aliphatic carbocycles. The van der Waals surface area contributed by atoms with E-state index in [1.54, 1.807) is 21.3 Å². The Morgan fingerprint density at radius 3 is 2.18 bits per heavy atom. The second kappa shape index (κ2) is 11.8. The number of aromatic hydroxyl groups is 1. The Kier molecular flexibility index (Phi) is 7.71. The Labute approximate surface area is 264 Å². The van der Waals surface area contributed by atoms with E-state index in [1.807, 2.05) is 36.4 Å². The molecule has 1 unspecified atom stereocenters. The van der Waals surface area contributed by atoms with E-state index < -0.39 is 0 Å². The summed E-state index contributed by atoms with van der Waals surface area (Å²) in [5.41, 5.74) is 6.79. The number of hydrogen-bond acceptors (Lipinski definition) is 8. The summed E-state index contributed by atoms with van der Waals surface area (Å²) in [5.74, 6) is 4.41. The van der Waals surface area contributed by atoms with Crippen molar-refractivity contribution in [2.75, 3.05) is 48.5 Å². The Hall–Kier alpha value is -4.40. The molecule has 8 nitrogen and oxygen atoms in total. The molecule has 8 rings (SSSR count). The summed E-state index contributed by atoms with van der Waals surface area (Å²) in [5, 5.41) is 11.0. The zero-order chi connectivity index (χ0) is 31.2. The predicted molar refractivity (Wildman–Crippen MR) is 173 cm³/mol. The van der Waals surface area contributed by atoms with Crippen molar-refractivity contribution in [3.8, 4) is 46.0 Å². The second-order valence-electron chi connectivity index (χ2n) is 12.3. The van der Waals surface area contributed by atoms with Gasteiger partial charge < -0.3 is 28.8 Å². The average Bonchev–Trinajstić information content (AvgIpc) is 3.04. The maximum atomic E-state index is 11.0. The van der Waals surface area contributed by atoms with Crippen molar-refractivity contribution in [1.82, 2.24) is 9.80 Å². The van der Waals surface area contributed by atoms with Gasteiger partial charge in [0, 0.05) is 30.7 Å². The van der Waals surface area contributed by atoms with E-state index in [4.69, 9.17) is 23.7 Å². The van der Waals surface area contributed by atoms with Crippen molar-refractivity contribution < 1.29 is 28.8 Å². The number of phenols is 1. The van der Waals surface area contributed by atoms with Gasteiger partial charge in [0.05, 0.1) is 21.3 Å². The number of phenolic OH excluding ortho intramolecular Hbond substituents is 1. The van der Waals surface area contributed by atoms with Gasteiger partial charge in [-0.05, 0) is 110 Å². The van der Waals surface area contributed by atoms with Crippen molar-refractivity contribution in [2.45, 2.75) is 37.8 Å². The smallest absolute Gasteiger partial charge is 0.204 e. The molecule has 8 heteroatoms. The number of rotatable bonds is 3. The third-order valence-electron chi connectivity index (χ3n) is 9.62. The second-order valence-corrected chi connectivity index (χ2v) is 12.3. The number of likely N-dealkylation sites (N-methyl/N-ethyl adjacent to an activating group) is 2. The van der Waals surface area contributed by atoms with Crippen LogP contribution < -0.4 is 23.7 Å². The zero-order valence-corrected chi connectivity index (χ0v) is 26.6. The van der Waals surface area contributed by atoms with E-state index in [1.165, 1.54) is 16.7 Å². The lowest BCUT2D eigenvalue weighted by Crippen LogP contribution is -2.34. The lowest BCUT2D eigenvalue weighted by molar-refractivity contribution is 0.220. The molecule has 0 fully saturated rings. The fourth-order valence-corrected chi connectivity index (χ4v) is 7.17. The van der Waals surface area contributed by atoms with Crippen molar-refractivity contribution in [3.63, 3.8) is 0 Å². The minimum Gasteiger partial charge on any atom is -0.504 e. The van der Waals surface area contributed by atoms with Gasteiger partial charge in [-0.15, -0.1) is 0 Å². The highest BCUT2D eigenvalue weighted by Gasteiger charge is 2.34. The van der Waals surface area contributed by atoms with Crippen LogP contribution >= 0.6 is 0 Å². The Morgan fingerprint density at radius 1 is 0.711 bits per heavy atom. The zero-order valence-electron chi connectivity index (χ0n) is 26.6. The SMILES string of the molecule is COc1cc2c3cc1Oc1c(OC)c(OC)cc4c1[C@H](Cc1cccc(c1)Oc1ccc(cc1O)CC3N(C)CC2)N(C)CC4. The number of nitrogens with zero attached hydrogens (tertiary/aromatic N) is 2. The monoisotopic (exact) mass is 608 g/mol. The third kappa shape index (κ3) is 5.32. The first-order valence-electron chi connectivity index (χ1n) is 15.5.